The van der Waals surface area contributed by atoms with Crippen molar-refractivity contribution < 1.29 is 23.3 Å². The summed E-state index contributed by atoms with van der Waals surface area (Å²) in [5, 5.41) is 1.19. The summed E-state index contributed by atoms with van der Waals surface area (Å²) in [4.78, 5) is 42.1. The van der Waals surface area contributed by atoms with Crippen molar-refractivity contribution in [3.05, 3.63) is 41.1 Å². The Morgan fingerprint density at radius 1 is 1.31 bits per heavy atom. The molecule has 3 aliphatic heterocycles. The van der Waals surface area contributed by atoms with E-state index >= 15 is 0 Å². The SMILES string of the molecule is Cc1cc(N2C(=O)C3SC=CC3=[N+](CC(=O)N3CCCCC3C)C2=O)ccc1F. The van der Waals surface area contributed by atoms with Crippen LogP contribution in [0.4, 0.5) is 14.9 Å². The zero-order chi connectivity index (χ0) is 20.7. The molecule has 1 fully saturated rings. The quantitative estimate of drug-likeness (QED) is 0.711. The highest BCUT2D eigenvalue weighted by Crippen LogP contribution is 2.31. The third-order valence-corrected chi connectivity index (χ3v) is 6.73. The molecule has 0 saturated carbocycles. The number of hydrogen-bond acceptors (Lipinski definition) is 4. The van der Waals surface area contributed by atoms with Crippen LogP contribution in [0.15, 0.2) is 29.7 Å². The van der Waals surface area contributed by atoms with E-state index in [1.807, 2.05) is 11.8 Å². The van der Waals surface area contributed by atoms with Crippen LogP contribution in [-0.2, 0) is 9.59 Å². The second-order valence-corrected chi connectivity index (χ2v) is 8.67. The van der Waals surface area contributed by atoms with Crippen LogP contribution in [0.5, 0.6) is 0 Å². The molecule has 2 unspecified atom stereocenters. The van der Waals surface area contributed by atoms with Crippen molar-refractivity contribution in [1.82, 2.24) is 4.90 Å². The van der Waals surface area contributed by atoms with E-state index in [0.717, 1.165) is 24.2 Å². The van der Waals surface area contributed by atoms with Gasteiger partial charge in [-0.1, -0.05) is 0 Å². The number of piperidine rings is 1. The minimum absolute atomic E-state index is 0.107. The van der Waals surface area contributed by atoms with Crippen molar-refractivity contribution in [3.8, 4) is 0 Å². The largest absolute Gasteiger partial charge is 0.506 e. The molecule has 3 heterocycles. The Morgan fingerprint density at radius 2 is 2.10 bits per heavy atom. The fourth-order valence-corrected chi connectivity index (χ4v) is 5.01. The highest BCUT2D eigenvalue weighted by atomic mass is 32.2. The summed E-state index contributed by atoms with van der Waals surface area (Å²) in [7, 11) is 0. The van der Waals surface area contributed by atoms with Gasteiger partial charge in [0.2, 0.25) is 0 Å². The van der Waals surface area contributed by atoms with E-state index in [4.69, 9.17) is 0 Å². The van der Waals surface area contributed by atoms with E-state index in [9.17, 15) is 18.8 Å². The van der Waals surface area contributed by atoms with Gasteiger partial charge in [-0.05, 0) is 68.4 Å². The lowest BCUT2D eigenvalue weighted by Crippen LogP contribution is -2.57. The predicted molar refractivity (Wildman–Crippen MR) is 110 cm³/mol. The molecule has 3 aliphatic rings. The first kappa shape index (κ1) is 19.8. The number of likely N-dealkylation sites (tertiary alicyclic amines) is 1. The number of aryl methyl sites for hydroxylation is 1. The van der Waals surface area contributed by atoms with Crippen LogP contribution in [0.3, 0.4) is 0 Å². The average molecular weight is 416 g/mol. The number of nitrogens with zero attached hydrogens (tertiary/aromatic N) is 3. The van der Waals surface area contributed by atoms with Crippen molar-refractivity contribution in [2.45, 2.75) is 44.4 Å². The number of allylic oxidation sites excluding steroid dienone is 1. The predicted octanol–water partition coefficient (Wildman–Crippen LogP) is 3.08. The summed E-state index contributed by atoms with van der Waals surface area (Å²) in [6, 6.07) is 3.72. The van der Waals surface area contributed by atoms with Gasteiger partial charge in [-0.15, -0.1) is 16.7 Å². The van der Waals surface area contributed by atoms with E-state index < -0.39 is 17.1 Å². The molecule has 0 N–H and O–H groups in total. The number of carbonyl (C=O) groups is 3. The third kappa shape index (κ3) is 3.50. The van der Waals surface area contributed by atoms with Crippen LogP contribution in [0.25, 0.3) is 0 Å². The molecule has 0 radical (unpaired) electrons. The molecule has 29 heavy (non-hydrogen) atoms. The zero-order valence-electron chi connectivity index (χ0n) is 16.4. The minimum atomic E-state index is -0.579. The summed E-state index contributed by atoms with van der Waals surface area (Å²) in [6.07, 6.45) is 4.73. The lowest BCUT2D eigenvalue weighted by atomic mass is 10.0. The number of carbonyl (C=O) groups excluding carboxylic acids is 3. The smallest absolute Gasteiger partial charge is 0.337 e. The van der Waals surface area contributed by atoms with Crippen LogP contribution in [0, 0.1) is 12.7 Å². The Kier molecular flexibility index (Phi) is 5.29. The van der Waals surface area contributed by atoms with Gasteiger partial charge in [0.15, 0.2) is 11.8 Å². The van der Waals surface area contributed by atoms with Gasteiger partial charge in [-0.3, -0.25) is 4.79 Å². The van der Waals surface area contributed by atoms with Gasteiger partial charge < -0.3 is 4.90 Å². The van der Waals surface area contributed by atoms with Crippen LogP contribution >= 0.6 is 11.8 Å². The molecular weight excluding hydrogens is 393 g/mol. The normalized spacial score (nSPS) is 24.4. The number of thioether (sulfide) groups is 1. The van der Waals surface area contributed by atoms with Crippen molar-refractivity contribution in [3.63, 3.8) is 0 Å². The number of halogens is 1. The van der Waals surface area contributed by atoms with E-state index in [1.54, 1.807) is 18.4 Å². The average Bonchev–Trinajstić information content (AvgIpc) is 3.18. The number of hydrogen-bond donors (Lipinski definition) is 0. The monoisotopic (exact) mass is 416 g/mol. The molecule has 0 bridgehead atoms. The van der Waals surface area contributed by atoms with E-state index in [0.29, 0.717) is 23.5 Å². The number of rotatable bonds is 3. The van der Waals surface area contributed by atoms with Gasteiger partial charge >= 0.3 is 11.9 Å². The summed E-state index contributed by atoms with van der Waals surface area (Å²) >= 11 is 1.31. The molecule has 6 nitrogen and oxygen atoms in total. The van der Waals surface area contributed by atoms with E-state index in [2.05, 4.69) is 0 Å². The van der Waals surface area contributed by atoms with Crippen molar-refractivity contribution in [2.75, 3.05) is 18.0 Å². The van der Waals surface area contributed by atoms with Gasteiger partial charge in [-0.25, -0.2) is 9.18 Å². The third-order valence-electron chi connectivity index (χ3n) is 5.72. The fraction of sp³-hybridized carbons (Fsp3) is 0.429. The number of urea groups is 1. The van der Waals surface area contributed by atoms with E-state index in [-0.39, 0.29) is 24.4 Å². The van der Waals surface area contributed by atoms with Crippen LogP contribution in [0.1, 0.15) is 31.7 Å². The molecule has 4 rings (SSSR count). The van der Waals surface area contributed by atoms with Gasteiger partial charge in [0, 0.05) is 12.6 Å². The zero-order valence-corrected chi connectivity index (χ0v) is 17.2. The van der Waals surface area contributed by atoms with Gasteiger partial charge in [0.1, 0.15) is 17.2 Å². The van der Waals surface area contributed by atoms with Gasteiger partial charge in [-0.2, -0.15) is 9.37 Å². The number of imide groups is 1. The van der Waals surface area contributed by atoms with Crippen LogP contribution < -0.4 is 4.90 Å². The summed E-state index contributed by atoms with van der Waals surface area (Å²) in [5.41, 5.74) is 1.20. The molecule has 1 saturated heterocycles. The first-order valence-corrected chi connectivity index (χ1v) is 10.7. The lowest BCUT2D eigenvalue weighted by Gasteiger charge is -2.33. The van der Waals surface area contributed by atoms with Crippen molar-refractivity contribution >= 4 is 41.0 Å². The second-order valence-electron chi connectivity index (χ2n) is 7.65. The maximum atomic E-state index is 13.7. The highest BCUT2D eigenvalue weighted by molar-refractivity contribution is 8.04. The second kappa shape index (κ2) is 7.74. The Labute approximate surface area is 173 Å². The number of anilines is 1. The molecule has 0 spiro atoms. The minimum Gasteiger partial charge on any atom is -0.337 e. The standard InChI is InChI=1S/C21H23FN3O3S/c1-13-11-15(6-7-16(13)22)25-20(27)19-17(8-10-29-19)24(21(25)28)12-18(26)23-9-4-3-5-14(23)2/h6-8,10-11,14,19H,3-5,9,12H2,1-2H3/q+1. The Balaban J connectivity index is 1.68. The lowest BCUT2D eigenvalue weighted by molar-refractivity contribution is -0.417. The maximum Gasteiger partial charge on any atom is 0.506 e. The molecule has 1 aromatic rings. The molecule has 1 aromatic carbocycles. The maximum absolute atomic E-state index is 13.7. The topological polar surface area (TPSA) is 60.7 Å². The molecule has 0 aliphatic carbocycles. The van der Waals surface area contributed by atoms with Gasteiger partial charge in [0.25, 0.3) is 5.91 Å². The first-order valence-electron chi connectivity index (χ1n) is 9.78. The molecule has 152 valence electrons. The highest BCUT2D eigenvalue weighted by Gasteiger charge is 2.50. The molecular formula is C21H23FN3O3S+. The molecule has 2 atom stereocenters. The summed E-state index contributed by atoms with van der Waals surface area (Å²) < 4.78 is 15.1. The van der Waals surface area contributed by atoms with Crippen LogP contribution in [-0.4, -0.2) is 57.4 Å². The molecule has 8 heteroatoms. The number of fused-ring (bicyclic) bond motifs is 1. The number of benzene rings is 1. The van der Waals surface area contributed by atoms with Crippen molar-refractivity contribution in [2.24, 2.45) is 0 Å². The van der Waals surface area contributed by atoms with E-state index in [1.165, 1.54) is 34.5 Å². The first-order chi connectivity index (χ1) is 13.9. The Bertz CT molecular complexity index is 958. The Morgan fingerprint density at radius 3 is 2.83 bits per heavy atom. The summed E-state index contributed by atoms with van der Waals surface area (Å²) in [6.45, 7) is 4.18. The fourth-order valence-electron chi connectivity index (χ4n) is 4.06. The Hall–Kier alpha value is -2.48. The van der Waals surface area contributed by atoms with Gasteiger partial charge in [0.05, 0.1) is 0 Å². The molecule has 0 aromatic heterocycles. The molecule has 4 amide bonds. The van der Waals surface area contributed by atoms with Crippen LogP contribution in [0.2, 0.25) is 0 Å². The van der Waals surface area contributed by atoms with Crippen molar-refractivity contribution in [1.29, 1.82) is 0 Å². The summed E-state index contributed by atoms with van der Waals surface area (Å²) in [5.74, 6) is -0.895. The number of amides is 4.